The van der Waals surface area contributed by atoms with Gasteiger partial charge >= 0.3 is 0 Å². The molecular formula is C18H31N5. The molecule has 1 unspecified atom stereocenters. The molecule has 0 bridgehead atoms. The lowest BCUT2D eigenvalue weighted by Crippen LogP contribution is -2.47. The molecule has 1 aromatic rings. The average molecular weight is 317 g/mol. The molecule has 0 spiro atoms. The number of benzene rings is 1. The minimum atomic E-state index is 0.487. The van der Waals surface area contributed by atoms with E-state index < -0.39 is 0 Å². The van der Waals surface area contributed by atoms with Crippen LogP contribution in [0.25, 0.3) is 0 Å². The highest BCUT2D eigenvalue weighted by Gasteiger charge is 2.25. The van der Waals surface area contributed by atoms with Crippen LogP contribution in [0.3, 0.4) is 0 Å². The van der Waals surface area contributed by atoms with Gasteiger partial charge in [0, 0.05) is 45.3 Å². The molecule has 5 nitrogen and oxygen atoms in total. The molecule has 5 heteroatoms. The first-order valence-corrected chi connectivity index (χ1v) is 8.72. The molecule has 1 atom stereocenters. The molecule has 1 aliphatic heterocycles. The van der Waals surface area contributed by atoms with Crippen LogP contribution in [0.5, 0.6) is 0 Å². The summed E-state index contributed by atoms with van der Waals surface area (Å²) >= 11 is 0. The number of hydrogen-bond donors (Lipinski definition) is 2. The molecule has 1 saturated heterocycles. The molecule has 0 amide bonds. The SMILES string of the molecule is CCCN=C(N)NCCCN1CCN(C)CC1c1ccccc1. The zero-order chi connectivity index (χ0) is 16.5. The number of nitrogens with one attached hydrogen (secondary N) is 1. The van der Waals surface area contributed by atoms with Crippen molar-refractivity contribution in [3.05, 3.63) is 35.9 Å². The minimum Gasteiger partial charge on any atom is -0.370 e. The van der Waals surface area contributed by atoms with Crippen LogP contribution in [0.15, 0.2) is 35.3 Å². The number of nitrogens with two attached hydrogens (primary N) is 1. The highest BCUT2D eigenvalue weighted by molar-refractivity contribution is 5.77. The molecule has 0 aromatic heterocycles. The average Bonchev–Trinajstić information content (AvgIpc) is 2.58. The third kappa shape index (κ3) is 5.84. The molecule has 128 valence electrons. The third-order valence-electron chi connectivity index (χ3n) is 4.31. The van der Waals surface area contributed by atoms with Gasteiger partial charge in [-0.2, -0.15) is 0 Å². The van der Waals surface area contributed by atoms with E-state index in [1.165, 1.54) is 5.56 Å². The van der Waals surface area contributed by atoms with Gasteiger partial charge in [-0.15, -0.1) is 0 Å². The van der Waals surface area contributed by atoms with Crippen LogP contribution in [0, 0.1) is 0 Å². The molecule has 0 radical (unpaired) electrons. The van der Waals surface area contributed by atoms with Crippen molar-refractivity contribution in [3.63, 3.8) is 0 Å². The van der Waals surface area contributed by atoms with Gasteiger partial charge in [-0.3, -0.25) is 9.89 Å². The van der Waals surface area contributed by atoms with Crippen LogP contribution >= 0.6 is 0 Å². The number of piperazine rings is 1. The Morgan fingerprint density at radius 2 is 2.09 bits per heavy atom. The number of hydrogen-bond acceptors (Lipinski definition) is 3. The van der Waals surface area contributed by atoms with Crippen molar-refractivity contribution < 1.29 is 0 Å². The van der Waals surface area contributed by atoms with E-state index in [2.05, 4.69) is 64.4 Å². The van der Waals surface area contributed by atoms with Crippen LogP contribution in [0.1, 0.15) is 31.4 Å². The number of rotatable bonds is 7. The van der Waals surface area contributed by atoms with Gasteiger partial charge < -0.3 is 16.0 Å². The van der Waals surface area contributed by atoms with Crippen LogP contribution in [0.4, 0.5) is 0 Å². The summed E-state index contributed by atoms with van der Waals surface area (Å²) in [4.78, 5) is 9.27. The molecule has 0 saturated carbocycles. The van der Waals surface area contributed by atoms with Gasteiger partial charge in [0.15, 0.2) is 5.96 Å². The first-order chi connectivity index (χ1) is 11.2. The lowest BCUT2D eigenvalue weighted by atomic mass is 10.0. The van der Waals surface area contributed by atoms with Crippen molar-refractivity contribution in [2.24, 2.45) is 10.7 Å². The van der Waals surface area contributed by atoms with Gasteiger partial charge in [0.2, 0.25) is 0 Å². The summed E-state index contributed by atoms with van der Waals surface area (Å²) in [6, 6.07) is 11.3. The Hall–Kier alpha value is -1.59. The van der Waals surface area contributed by atoms with Crippen molar-refractivity contribution in [1.29, 1.82) is 0 Å². The monoisotopic (exact) mass is 317 g/mol. The van der Waals surface area contributed by atoms with E-state index in [1.807, 2.05) is 0 Å². The predicted octanol–water partition coefficient (Wildman–Crippen LogP) is 1.68. The van der Waals surface area contributed by atoms with E-state index >= 15 is 0 Å². The van der Waals surface area contributed by atoms with Gasteiger partial charge in [0.1, 0.15) is 0 Å². The summed E-state index contributed by atoms with van der Waals surface area (Å²) in [5.41, 5.74) is 7.25. The number of guanidine groups is 1. The second kappa shape index (κ2) is 9.53. The summed E-state index contributed by atoms with van der Waals surface area (Å²) in [7, 11) is 2.21. The van der Waals surface area contributed by atoms with Crippen molar-refractivity contribution in [2.45, 2.75) is 25.8 Å². The molecular weight excluding hydrogens is 286 g/mol. The van der Waals surface area contributed by atoms with Crippen LogP contribution in [-0.2, 0) is 0 Å². The molecule has 1 aromatic carbocycles. The summed E-state index contributed by atoms with van der Waals surface area (Å²) in [6.07, 6.45) is 2.11. The summed E-state index contributed by atoms with van der Waals surface area (Å²) in [6.45, 7) is 8.22. The fourth-order valence-corrected chi connectivity index (χ4v) is 3.00. The van der Waals surface area contributed by atoms with E-state index in [-0.39, 0.29) is 0 Å². The van der Waals surface area contributed by atoms with Gasteiger partial charge in [0.05, 0.1) is 0 Å². The second-order valence-electron chi connectivity index (χ2n) is 6.27. The van der Waals surface area contributed by atoms with Crippen LogP contribution < -0.4 is 11.1 Å². The van der Waals surface area contributed by atoms with E-state index in [0.29, 0.717) is 12.0 Å². The Labute approximate surface area is 140 Å². The van der Waals surface area contributed by atoms with Crippen molar-refractivity contribution >= 4 is 5.96 Å². The number of aliphatic imine (C=N–C) groups is 1. The Balaban J connectivity index is 1.82. The molecule has 1 heterocycles. The van der Waals surface area contributed by atoms with E-state index in [1.54, 1.807) is 0 Å². The van der Waals surface area contributed by atoms with Crippen molar-refractivity contribution in [3.8, 4) is 0 Å². The zero-order valence-corrected chi connectivity index (χ0v) is 14.5. The summed E-state index contributed by atoms with van der Waals surface area (Å²) < 4.78 is 0. The van der Waals surface area contributed by atoms with Crippen molar-refractivity contribution in [1.82, 2.24) is 15.1 Å². The predicted molar refractivity (Wildman–Crippen MR) is 97.7 cm³/mol. The highest BCUT2D eigenvalue weighted by Crippen LogP contribution is 2.24. The quantitative estimate of drug-likeness (QED) is 0.456. The van der Waals surface area contributed by atoms with Gasteiger partial charge in [-0.25, -0.2) is 0 Å². The van der Waals surface area contributed by atoms with E-state index in [9.17, 15) is 0 Å². The maximum absolute atomic E-state index is 5.83. The van der Waals surface area contributed by atoms with Crippen molar-refractivity contribution in [2.75, 3.05) is 46.3 Å². The molecule has 1 fully saturated rings. The Morgan fingerprint density at radius 3 is 2.83 bits per heavy atom. The topological polar surface area (TPSA) is 56.9 Å². The lowest BCUT2D eigenvalue weighted by molar-refractivity contribution is 0.0891. The molecule has 2 rings (SSSR count). The summed E-state index contributed by atoms with van der Waals surface area (Å²) in [5, 5.41) is 3.21. The fourth-order valence-electron chi connectivity index (χ4n) is 3.00. The minimum absolute atomic E-state index is 0.487. The summed E-state index contributed by atoms with van der Waals surface area (Å²) in [5.74, 6) is 0.574. The molecule has 3 N–H and O–H groups in total. The second-order valence-corrected chi connectivity index (χ2v) is 6.27. The van der Waals surface area contributed by atoms with Gasteiger partial charge in [-0.1, -0.05) is 37.3 Å². The first kappa shape index (κ1) is 17.8. The van der Waals surface area contributed by atoms with Gasteiger partial charge in [-0.05, 0) is 25.5 Å². The normalized spacial score (nSPS) is 20.6. The zero-order valence-electron chi connectivity index (χ0n) is 14.5. The van der Waals surface area contributed by atoms with Crippen LogP contribution in [-0.4, -0.2) is 62.1 Å². The maximum atomic E-state index is 5.83. The van der Waals surface area contributed by atoms with E-state index in [4.69, 9.17) is 5.73 Å². The standard InChI is InChI=1S/C18H31N5/c1-3-10-20-18(19)21-11-7-12-23-14-13-22(2)15-17(23)16-8-5-4-6-9-16/h4-6,8-9,17H,3,7,10-15H2,1-2H3,(H3,19,20,21). The maximum Gasteiger partial charge on any atom is 0.188 e. The Morgan fingerprint density at radius 1 is 1.30 bits per heavy atom. The number of nitrogens with zero attached hydrogens (tertiary/aromatic N) is 3. The molecule has 23 heavy (non-hydrogen) atoms. The fraction of sp³-hybridized carbons (Fsp3) is 0.611. The van der Waals surface area contributed by atoms with E-state index in [0.717, 1.165) is 52.1 Å². The smallest absolute Gasteiger partial charge is 0.188 e. The highest BCUT2D eigenvalue weighted by atomic mass is 15.3. The number of likely N-dealkylation sites (N-methyl/N-ethyl adjacent to an activating group) is 1. The largest absolute Gasteiger partial charge is 0.370 e. The molecule has 0 aliphatic carbocycles. The van der Waals surface area contributed by atoms with Gasteiger partial charge in [0.25, 0.3) is 0 Å². The third-order valence-corrected chi connectivity index (χ3v) is 4.31. The Bertz CT molecular complexity index is 474. The van der Waals surface area contributed by atoms with Crippen LogP contribution in [0.2, 0.25) is 0 Å². The lowest BCUT2D eigenvalue weighted by Gasteiger charge is -2.40. The first-order valence-electron chi connectivity index (χ1n) is 8.72. The molecule has 1 aliphatic rings. The Kier molecular flexibility index (Phi) is 7.36.